The second-order valence-electron chi connectivity index (χ2n) is 29.9. The van der Waals surface area contributed by atoms with Crippen LogP contribution in [-0.2, 0) is 16.2 Å². The summed E-state index contributed by atoms with van der Waals surface area (Å²) < 4.78 is 68.3. The number of aromatic nitrogens is 1. The Labute approximate surface area is 640 Å². The Morgan fingerprint density at radius 2 is 0.796 bits per heavy atom. The molecule has 506 valence electrons. The maximum atomic E-state index is 10.6. The van der Waals surface area contributed by atoms with Gasteiger partial charge in [0.05, 0.1) is 54.5 Å². The Morgan fingerprint density at radius 1 is 0.343 bits per heavy atom. The molecule has 0 radical (unpaired) electrons. The molecule has 0 spiro atoms. The summed E-state index contributed by atoms with van der Waals surface area (Å²) in [6.07, 6.45) is 0. The van der Waals surface area contributed by atoms with Crippen LogP contribution in [-0.4, -0.2) is 11.3 Å². The number of anilines is 6. The van der Waals surface area contributed by atoms with Gasteiger partial charge in [-0.1, -0.05) is 318 Å². The molecule has 4 nitrogen and oxygen atoms in total. The maximum Gasteiger partial charge on any atom is 0.252 e. The van der Waals surface area contributed by atoms with Crippen LogP contribution >= 0.6 is 0 Å². The highest BCUT2D eigenvalue weighted by Crippen LogP contribution is 2.60. The van der Waals surface area contributed by atoms with Crippen LogP contribution in [0.3, 0.4) is 0 Å². The van der Waals surface area contributed by atoms with Gasteiger partial charge in [0, 0.05) is 50.3 Å². The first-order chi connectivity index (χ1) is 56.1. The molecule has 2 aliphatic heterocycles. The van der Waals surface area contributed by atoms with Crippen LogP contribution in [0, 0.1) is 11.3 Å². The van der Waals surface area contributed by atoms with Crippen LogP contribution in [0.2, 0.25) is 0 Å². The second kappa shape index (κ2) is 24.3. The monoisotopic (exact) mass is 1380 g/mol. The predicted octanol–water partition coefficient (Wildman–Crippen LogP) is 23.8. The summed E-state index contributed by atoms with van der Waals surface area (Å²) in [4.78, 5) is 4.92. The van der Waals surface area contributed by atoms with Crippen molar-refractivity contribution in [1.29, 1.82) is 5.26 Å². The lowest BCUT2D eigenvalue weighted by atomic mass is 9.33. The van der Waals surface area contributed by atoms with Crippen LogP contribution in [0.5, 0.6) is 0 Å². The lowest BCUT2D eigenvalue weighted by molar-refractivity contribution is 0.590. The van der Waals surface area contributed by atoms with Crippen molar-refractivity contribution in [3.05, 3.63) is 432 Å². The minimum absolute atomic E-state index is 0.00165. The summed E-state index contributed by atoms with van der Waals surface area (Å²) in [7, 11) is 0. The highest BCUT2D eigenvalue weighted by Gasteiger charge is 2.50. The molecule has 4 aliphatic rings. The average molecular weight is 1380 g/mol. The Morgan fingerprint density at radius 3 is 1.32 bits per heavy atom. The largest absolute Gasteiger partial charge is 0.311 e. The molecular formula is C103H71BN4. The lowest BCUT2D eigenvalue weighted by Crippen LogP contribution is -2.61. The van der Waals surface area contributed by atoms with E-state index in [-0.39, 0.29) is 45.5 Å². The molecule has 108 heavy (non-hydrogen) atoms. The first kappa shape index (κ1) is 55.9. The van der Waals surface area contributed by atoms with Gasteiger partial charge in [-0.25, -0.2) is 0 Å². The van der Waals surface area contributed by atoms with E-state index in [2.05, 4.69) is 352 Å². The molecule has 16 aromatic carbocycles. The molecule has 3 heterocycles. The van der Waals surface area contributed by atoms with Gasteiger partial charge < -0.3 is 14.4 Å². The van der Waals surface area contributed by atoms with Crippen molar-refractivity contribution in [3.63, 3.8) is 0 Å². The minimum atomic E-state index is -0.647. The molecular weight excluding hydrogens is 1300 g/mol. The van der Waals surface area contributed by atoms with E-state index in [0.717, 1.165) is 101 Å². The molecule has 0 unspecified atom stereocenters. The van der Waals surface area contributed by atoms with Crippen LogP contribution in [0.1, 0.15) is 86.0 Å². The van der Waals surface area contributed by atoms with E-state index in [1.807, 2.05) is 18.2 Å². The third kappa shape index (κ3) is 9.17. The quantitative estimate of drug-likeness (QED) is 0.128. The van der Waals surface area contributed by atoms with Gasteiger partial charge in [-0.2, -0.15) is 5.26 Å². The summed E-state index contributed by atoms with van der Waals surface area (Å²) in [6.45, 7) is 6.36. The van der Waals surface area contributed by atoms with Crippen molar-refractivity contribution in [2.75, 3.05) is 9.80 Å². The molecule has 0 saturated heterocycles. The third-order valence-electron chi connectivity index (χ3n) is 23.4. The van der Waals surface area contributed by atoms with Crippen LogP contribution < -0.4 is 26.2 Å². The molecule has 5 heteroatoms. The van der Waals surface area contributed by atoms with E-state index in [4.69, 9.17) is 1.37 Å². The van der Waals surface area contributed by atoms with Gasteiger partial charge in [0.25, 0.3) is 6.71 Å². The van der Waals surface area contributed by atoms with E-state index < -0.39 is 47.1 Å². The standard InChI is InChI=1S/C103H71BN4/c1-101(2,3)76-63-98-100-99(64-76)108(93-47-27-22-40-79(93)71-51-55-89-84(61-71)81-42-20-25-45-87(81)103(89,74-35-15-7-16-36-74)75-37-17-8-18-38-75)97-65-77(106-94-48-28-23-43-82(94)85-59-67(66-105)49-57-95(85)106)53-56-90(97)104(100)91-62-69(68-29-9-4-10-30-68)52-58-96(91)107(98)92-46-26-21-39-78(92)70-50-54-88-83(60-70)80-41-19-24-44-86(80)102(88,72-31-11-5-12-32-72)73-33-13-6-14-34-73/h4-65H,1-3H3/i23D,28D,43D,48D,49D,57D,59D. The zero-order valence-electron chi connectivity index (χ0n) is 66.6. The summed E-state index contributed by atoms with van der Waals surface area (Å²) >= 11 is 0. The number of nitrogens with zero attached hydrogens (tertiary/aromatic N) is 4. The van der Waals surface area contributed by atoms with E-state index in [1.54, 1.807) is 4.57 Å². The Hall–Kier alpha value is -13.5. The van der Waals surface area contributed by atoms with Gasteiger partial charge in [0.1, 0.15) is 0 Å². The van der Waals surface area contributed by atoms with E-state index >= 15 is 0 Å². The molecule has 21 rings (SSSR count). The number of benzene rings is 16. The first-order valence-electron chi connectivity index (χ1n) is 40.6. The molecule has 0 amide bonds. The van der Waals surface area contributed by atoms with Gasteiger partial charge in [-0.05, 0) is 195 Å². The molecule has 1 aromatic heterocycles. The summed E-state index contributed by atoms with van der Waals surface area (Å²) in [5.74, 6) is 0. The van der Waals surface area contributed by atoms with Crippen molar-refractivity contribution >= 4 is 79.0 Å². The third-order valence-corrected chi connectivity index (χ3v) is 23.4. The zero-order chi connectivity index (χ0) is 78.1. The summed E-state index contributed by atoms with van der Waals surface area (Å²) in [5, 5.41) is 10.6. The summed E-state index contributed by atoms with van der Waals surface area (Å²) in [5.41, 5.74) is 28.4. The smallest absolute Gasteiger partial charge is 0.252 e. The molecule has 0 N–H and O–H groups in total. The summed E-state index contributed by atoms with van der Waals surface area (Å²) in [6, 6.07) is 120. The van der Waals surface area contributed by atoms with Crippen molar-refractivity contribution in [3.8, 4) is 67.4 Å². The van der Waals surface area contributed by atoms with Gasteiger partial charge >= 0.3 is 0 Å². The molecule has 0 atom stereocenters. The second-order valence-corrected chi connectivity index (χ2v) is 29.9. The van der Waals surface area contributed by atoms with Gasteiger partial charge in [0.15, 0.2) is 0 Å². The topological polar surface area (TPSA) is 35.2 Å². The van der Waals surface area contributed by atoms with Crippen LogP contribution in [0.25, 0.3) is 83.1 Å². The lowest BCUT2D eigenvalue weighted by Gasteiger charge is -2.46. The minimum Gasteiger partial charge on any atom is -0.311 e. The van der Waals surface area contributed by atoms with Gasteiger partial charge in [0.2, 0.25) is 0 Å². The average Bonchev–Trinajstić information content (AvgIpc) is 1.64. The predicted molar refractivity (Wildman–Crippen MR) is 449 cm³/mol. The van der Waals surface area contributed by atoms with Crippen molar-refractivity contribution in [2.45, 2.75) is 37.0 Å². The molecule has 2 aliphatic carbocycles. The number of para-hydroxylation sites is 3. The fourth-order valence-electron chi connectivity index (χ4n) is 18.8. The number of nitriles is 1. The van der Waals surface area contributed by atoms with Crippen LogP contribution in [0.4, 0.5) is 34.1 Å². The Bertz CT molecular complexity index is 6930. The molecule has 0 bridgehead atoms. The molecule has 17 aromatic rings. The Balaban J connectivity index is 0.852. The van der Waals surface area contributed by atoms with Gasteiger partial charge in [-0.15, -0.1) is 0 Å². The number of hydrogen-bond acceptors (Lipinski definition) is 3. The SMILES string of the molecule is [2H]c1c([2H])c([2H])c2c(c1[2H])c1c([2H])c(C#N)c([2H])c([2H])c1n2-c1ccc2c(c1)N(c1ccccc1-c1ccc3c(c1)-c1ccccc1C3(c1ccccc1)c1ccccc1)c1cc(C(C)(C)C)cc3c1B2c1cc(-c2ccccc2)ccc1N3c1ccccc1-c1ccc2c(c1)-c1ccccc1C2(c1ccccc1)c1ccccc1. The zero-order valence-corrected chi connectivity index (χ0v) is 59.6. The fourth-order valence-corrected chi connectivity index (χ4v) is 18.8. The molecule has 0 fully saturated rings. The van der Waals surface area contributed by atoms with E-state index in [1.165, 1.54) is 55.6 Å². The first-order valence-corrected chi connectivity index (χ1v) is 37.1. The highest BCUT2D eigenvalue weighted by atomic mass is 15.2. The fraction of sp³-hybridized carbons (Fsp3) is 0.0583. The maximum absolute atomic E-state index is 10.6. The van der Waals surface area contributed by atoms with E-state index in [0.29, 0.717) is 5.69 Å². The van der Waals surface area contributed by atoms with Crippen LogP contribution in [0.15, 0.2) is 376 Å². The normalized spacial score (nSPS) is 14.7. The number of fused-ring (bicyclic) bond motifs is 13. The van der Waals surface area contributed by atoms with Crippen molar-refractivity contribution < 1.29 is 9.60 Å². The number of hydrogen-bond donors (Lipinski definition) is 0. The number of rotatable bonds is 10. The van der Waals surface area contributed by atoms with Crippen molar-refractivity contribution in [1.82, 2.24) is 4.57 Å². The van der Waals surface area contributed by atoms with Gasteiger partial charge in [-0.3, -0.25) is 0 Å². The highest BCUT2D eigenvalue weighted by molar-refractivity contribution is 7.00. The van der Waals surface area contributed by atoms with E-state index in [9.17, 15) is 13.5 Å². The van der Waals surface area contributed by atoms with Crippen molar-refractivity contribution in [2.24, 2.45) is 0 Å². The Kier molecular flexibility index (Phi) is 12.6. The molecule has 0 saturated carbocycles.